The van der Waals surface area contributed by atoms with Crippen LogP contribution < -0.4 is 5.32 Å². The Morgan fingerprint density at radius 1 is 1.33 bits per heavy atom. The molecule has 0 atom stereocenters. The standard InChI is InChI=1S/C11H21NO3/c1-11(6-4-5-7-11)10(13)12-8-9(14-2)15-3/h9H,4-8H2,1-3H3,(H,12,13). The van der Waals surface area contributed by atoms with Gasteiger partial charge in [-0.1, -0.05) is 19.8 Å². The van der Waals surface area contributed by atoms with Crippen LogP contribution in [0.1, 0.15) is 32.6 Å². The van der Waals surface area contributed by atoms with E-state index in [1.807, 2.05) is 6.92 Å². The maximum absolute atomic E-state index is 11.9. The molecule has 15 heavy (non-hydrogen) atoms. The van der Waals surface area contributed by atoms with Gasteiger partial charge in [0.1, 0.15) is 0 Å². The fraction of sp³-hybridized carbons (Fsp3) is 0.909. The van der Waals surface area contributed by atoms with Crippen LogP contribution in [0.15, 0.2) is 0 Å². The van der Waals surface area contributed by atoms with Crippen molar-refractivity contribution < 1.29 is 14.3 Å². The molecule has 1 saturated carbocycles. The molecular formula is C11H21NO3. The van der Waals surface area contributed by atoms with Gasteiger partial charge in [-0.05, 0) is 12.8 Å². The average Bonchev–Trinajstić information content (AvgIpc) is 2.68. The van der Waals surface area contributed by atoms with Crippen molar-refractivity contribution in [2.45, 2.75) is 38.9 Å². The predicted molar refractivity (Wildman–Crippen MR) is 57.4 cm³/mol. The lowest BCUT2D eigenvalue weighted by Crippen LogP contribution is -2.41. The highest BCUT2D eigenvalue weighted by atomic mass is 16.7. The Balaban J connectivity index is 2.35. The molecule has 88 valence electrons. The Kier molecular flexibility index (Phi) is 4.54. The highest BCUT2D eigenvalue weighted by molar-refractivity contribution is 5.82. The zero-order valence-corrected chi connectivity index (χ0v) is 9.84. The predicted octanol–water partition coefficient (Wildman–Crippen LogP) is 1.30. The molecule has 0 aliphatic heterocycles. The number of amides is 1. The molecule has 0 aromatic heterocycles. The minimum Gasteiger partial charge on any atom is -0.354 e. The summed E-state index contributed by atoms with van der Waals surface area (Å²) in [4.78, 5) is 11.9. The topological polar surface area (TPSA) is 47.6 Å². The summed E-state index contributed by atoms with van der Waals surface area (Å²) < 4.78 is 10.0. The van der Waals surface area contributed by atoms with E-state index < -0.39 is 0 Å². The van der Waals surface area contributed by atoms with Gasteiger partial charge in [0.05, 0.1) is 6.54 Å². The van der Waals surface area contributed by atoms with Crippen molar-refractivity contribution in [1.29, 1.82) is 0 Å². The number of carbonyl (C=O) groups is 1. The van der Waals surface area contributed by atoms with E-state index in [-0.39, 0.29) is 17.6 Å². The van der Waals surface area contributed by atoms with Gasteiger partial charge in [-0.25, -0.2) is 0 Å². The van der Waals surface area contributed by atoms with E-state index in [4.69, 9.17) is 9.47 Å². The molecule has 1 N–H and O–H groups in total. The first-order valence-electron chi connectivity index (χ1n) is 5.46. The fourth-order valence-corrected chi connectivity index (χ4v) is 2.03. The van der Waals surface area contributed by atoms with Crippen LogP contribution in [0.4, 0.5) is 0 Å². The first-order chi connectivity index (χ1) is 7.12. The van der Waals surface area contributed by atoms with E-state index in [1.54, 1.807) is 14.2 Å². The Labute approximate surface area is 91.3 Å². The van der Waals surface area contributed by atoms with Crippen LogP contribution in [0.2, 0.25) is 0 Å². The van der Waals surface area contributed by atoms with Crippen molar-refractivity contribution in [3.05, 3.63) is 0 Å². The lowest BCUT2D eigenvalue weighted by atomic mass is 9.88. The number of hydrogen-bond acceptors (Lipinski definition) is 3. The van der Waals surface area contributed by atoms with Crippen LogP contribution in [-0.4, -0.2) is 33.0 Å². The van der Waals surface area contributed by atoms with E-state index >= 15 is 0 Å². The minimum absolute atomic E-state index is 0.124. The van der Waals surface area contributed by atoms with Crippen LogP contribution in [-0.2, 0) is 14.3 Å². The van der Waals surface area contributed by atoms with Gasteiger partial charge in [-0.3, -0.25) is 4.79 Å². The summed E-state index contributed by atoms with van der Waals surface area (Å²) in [6.07, 6.45) is 3.94. The van der Waals surface area contributed by atoms with E-state index in [9.17, 15) is 4.79 Å². The van der Waals surface area contributed by atoms with Crippen molar-refractivity contribution in [1.82, 2.24) is 5.32 Å². The molecular weight excluding hydrogens is 194 g/mol. The van der Waals surface area contributed by atoms with Crippen LogP contribution in [0.25, 0.3) is 0 Å². The molecule has 1 aliphatic carbocycles. The number of ether oxygens (including phenoxy) is 2. The zero-order valence-electron chi connectivity index (χ0n) is 9.84. The average molecular weight is 215 g/mol. The third kappa shape index (κ3) is 3.18. The SMILES string of the molecule is COC(CNC(=O)C1(C)CCCC1)OC. The molecule has 0 radical (unpaired) electrons. The normalized spacial score (nSPS) is 19.5. The molecule has 0 aromatic rings. The molecule has 1 amide bonds. The van der Waals surface area contributed by atoms with Crippen LogP contribution in [0.3, 0.4) is 0 Å². The fourth-order valence-electron chi connectivity index (χ4n) is 2.03. The second-order valence-electron chi connectivity index (χ2n) is 4.38. The van der Waals surface area contributed by atoms with E-state index in [2.05, 4.69) is 5.32 Å². The van der Waals surface area contributed by atoms with E-state index in [0.717, 1.165) is 25.7 Å². The smallest absolute Gasteiger partial charge is 0.226 e. The molecule has 0 bridgehead atoms. The summed E-state index contributed by atoms with van der Waals surface area (Å²) in [5, 5.41) is 2.88. The summed E-state index contributed by atoms with van der Waals surface area (Å²) in [7, 11) is 3.13. The Bertz CT molecular complexity index is 208. The molecule has 0 aromatic carbocycles. The van der Waals surface area contributed by atoms with E-state index in [0.29, 0.717) is 6.54 Å². The quantitative estimate of drug-likeness (QED) is 0.703. The first-order valence-corrected chi connectivity index (χ1v) is 5.46. The second kappa shape index (κ2) is 5.47. The van der Waals surface area contributed by atoms with Crippen LogP contribution >= 0.6 is 0 Å². The molecule has 4 heteroatoms. The van der Waals surface area contributed by atoms with E-state index in [1.165, 1.54) is 0 Å². The number of hydrogen-bond donors (Lipinski definition) is 1. The molecule has 0 unspecified atom stereocenters. The highest BCUT2D eigenvalue weighted by Gasteiger charge is 2.36. The maximum Gasteiger partial charge on any atom is 0.226 e. The molecule has 0 heterocycles. The van der Waals surface area contributed by atoms with Crippen molar-refractivity contribution in [3.8, 4) is 0 Å². The van der Waals surface area contributed by atoms with Crippen LogP contribution in [0.5, 0.6) is 0 Å². The van der Waals surface area contributed by atoms with Gasteiger partial charge < -0.3 is 14.8 Å². The Morgan fingerprint density at radius 2 is 1.87 bits per heavy atom. The van der Waals surface area contributed by atoms with Gasteiger partial charge in [0.25, 0.3) is 0 Å². The Morgan fingerprint density at radius 3 is 2.33 bits per heavy atom. The zero-order chi connectivity index (χ0) is 11.3. The monoisotopic (exact) mass is 215 g/mol. The molecule has 0 saturated heterocycles. The number of methoxy groups -OCH3 is 2. The number of nitrogens with one attached hydrogen (secondary N) is 1. The van der Waals surface area contributed by atoms with Gasteiger partial charge in [-0.15, -0.1) is 0 Å². The van der Waals surface area contributed by atoms with Gasteiger partial charge >= 0.3 is 0 Å². The van der Waals surface area contributed by atoms with Gasteiger partial charge in [-0.2, -0.15) is 0 Å². The molecule has 4 nitrogen and oxygen atoms in total. The summed E-state index contributed by atoms with van der Waals surface area (Å²) in [6, 6.07) is 0. The third-order valence-corrected chi connectivity index (χ3v) is 3.21. The van der Waals surface area contributed by atoms with Crippen molar-refractivity contribution in [2.24, 2.45) is 5.41 Å². The van der Waals surface area contributed by atoms with Gasteiger partial charge in [0.15, 0.2) is 6.29 Å². The highest BCUT2D eigenvalue weighted by Crippen LogP contribution is 2.37. The number of carbonyl (C=O) groups excluding carboxylic acids is 1. The maximum atomic E-state index is 11.9. The van der Waals surface area contributed by atoms with Gasteiger partial charge in [0, 0.05) is 19.6 Å². The third-order valence-electron chi connectivity index (χ3n) is 3.21. The lowest BCUT2D eigenvalue weighted by molar-refractivity contribution is -0.135. The summed E-state index contributed by atoms with van der Waals surface area (Å²) in [5.74, 6) is 0.124. The molecule has 1 fully saturated rings. The second-order valence-corrected chi connectivity index (χ2v) is 4.38. The summed E-state index contributed by atoms with van der Waals surface area (Å²) >= 11 is 0. The molecule has 0 spiro atoms. The number of rotatable bonds is 5. The Hall–Kier alpha value is -0.610. The van der Waals surface area contributed by atoms with Crippen LogP contribution in [0, 0.1) is 5.41 Å². The molecule has 1 rings (SSSR count). The van der Waals surface area contributed by atoms with Crippen molar-refractivity contribution >= 4 is 5.91 Å². The lowest BCUT2D eigenvalue weighted by Gasteiger charge is -2.23. The summed E-state index contributed by atoms with van der Waals surface area (Å²) in [5.41, 5.74) is -0.175. The van der Waals surface area contributed by atoms with Crippen molar-refractivity contribution in [2.75, 3.05) is 20.8 Å². The van der Waals surface area contributed by atoms with Gasteiger partial charge in [0.2, 0.25) is 5.91 Å². The largest absolute Gasteiger partial charge is 0.354 e. The first kappa shape index (κ1) is 12.5. The minimum atomic E-state index is -0.348. The van der Waals surface area contributed by atoms with Crippen molar-refractivity contribution in [3.63, 3.8) is 0 Å². The molecule has 1 aliphatic rings. The summed E-state index contributed by atoms with van der Waals surface area (Å²) in [6.45, 7) is 2.45.